The number of fused-ring (bicyclic) bond motifs is 1. The molecule has 1 aliphatic heterocycles. The van der Waals surface area contributed by atoms with Gasteiger partial charge in [0, 0.05) is 17.9 Å². The van der Waals surface area contributed by atoms with Gasteiger partial charge in [0.1, 0.15) is 5.69 Å². The van der Waals surface area contributed by atoms with Crippen LogP contribution in [0.1, 0.15) is 29.4 Å². The van der Waals surface area contributed by atoms with Gasteiger partial charge >= 0.3 is 0 Å². The third-order valence-electron chi connectivity index (χ3n) is 3.63. The summed E-state index contributed by atoms with van der Waals surface area (Å²) in [5.41, 5.74) is 2.77. The van der Waals surface area contributed by atoms with E-state index in [2.05, 4.69) is 18.0 Å². The molecule has 0 saturated carbocycles. The largest absolute Gasteiger partial charge is 0.304 e. The average molecular weight is 252 g/mol. The fourth-order valence-corrected chi connectivity index (χ4v) is 2.61. The van der Waals surface area contributed by atoms with Gasteiger partial charge in [-0.3, -0.25) is 9.78 Å². The number of carbonyl (C=O) groups excluding carboxylic acids is 1. The first-order chi connectivity index (χ1) is 9.27. The summed E-state index contributed by atoms with van der Waals surface area (Å²) in [5, 5.41) is 0. The Morgan fingerprint density at radius 1 is 1.21 bits per heavy atom. The van der Waals surface area contributed by atoms with Gasteiger partial charge < -0.3 is 4.90 Å². The van der Waals surface area contributed by atoms with Crippen molar-refractivity contribution in [2.75, 3.05) is 4.90 Å². The molecular formula is C16H16N2O. The Kier molecular flexibility index (Phi) is 3.03. The summed E-state index contributed by atoms with van der Waals surface area (Å²) in [5.74, 6) is -0.0137. The number of para-hydroxylation sites is 1. The molecule has 0 bridgehead atoms. The Morgan fingerprint density at radius 3 is 2.79 bits per heavy atom. The smallest absolute Gasteiger partial charge is 0.277 e. The first kappa shape index (κ1) is 11.9. The third kappa shape index (κ3) is 2.12. The van der Waals surface area contributed by atoms with Gasteiger partial charge in [-0.15, -0.1) is 0 Å². The van der Waals surface area contributed by atoms with Crippen molar-refractivity contribution < 1.29 is 4.79 Å². The van der Waals surface area contributed by atoms with Crippen molar-refractivity contribution in [1.29, 1.82) is 0 Å². The number of amides is 1. The molecule has 1 atom stereocenters. The molecule has 0 aliphatic carbocycles. The molecule has 1 unspecified atom stereocenters. The van der Waals surface area contributed by atoms with E-state index in [4.69, 9.17) is 0 Å². The number of pyridine rings is 1. The van der Waals surface area contributed by atoms with Crippen molar-refractivity contribution in [1.82, 2.24) is 4.98 Å². The summed E-state index contributed by atoms with van der Waals surface area (Å²) < 4.78 is 0. The summed E-state index contributed by atoms with van der Waals surface area (Å²) >= 11 is 0. The number of hydrogen-bond donors (Lipinski definition) is 0. The molecular weight excluding hydrogens is 236 g/mol. The first-order valence-electron chi connectivity index (χ1n) is 6.60. The van der Waals surface area contributed by atoms with E-state index < -0.39 is 0 Å². The standard InChI is InChI=1S/C16H16N2O/c1-12-9-10-13-6-2-3-8-15(13)18(12)16(19)14-7-4-5-11-17-14/h2-8,11-12H,9-10H2,1H3. The van der Waals surface area contributed by atoms with E-state index in [-0.39, 0.29) is 11.9 Å². The zero-order valence-corrected chi connectivity index (χ0v) is 10.9. The Balaban J connectivity index is 2.02. The van der Waals surface area contributed by atoms with E-state index in [0.29, 0.717) is 5.69 Å². The molecule has 0 saturated heterocycles. The van der Waals surface area contributed by atoms with E-state index >= 15 is 0 Å². The zero-order chi connectivity index (χ0) is 13.2. The van der Waals surface area contributed by atoms with Crippen LogP contribution in [-0.4, -0.2) is 16.9 Å². The average Bonchev–Trinajstić information content (AvgIpc) is 2.47. The van der Waals surface area contributed by atoms with Crippen molar-refractivity contribution >= 4 is 11.6 Å². The number of nitrogens with zero attached hydrogens (tertiary/aromatic N) is 2. The molecule has 3 heteroatoms. The zero-order valence-electron chi connectivity index (χ0n) is 10.9. The predicted molar refractivity (Wildman–Crippen MR) is 75.3 cm³/mol. The van der Waals surface area contributed by atoms with Gasteiger partial charge in [-0.25, -0.2) is 0 Å². The molecule has 0 N–H and O–H groups in total. The lowest BCUT2D eigenvalue weighted by Crippen LogP contribution is -2.42. The van der Waals surface area contributed by atoms with Crippen molar-refractivity contribution in [2.24, 2.45) is 0 Å². The van der Waals surface area contributed by atoms with Crippen LogP contribution in [0.4, 0.5) is 5.69 Å². The van der Waals surface area contributed by atoms with Crippen molar-refractivity contribution in [3.05, 3.63) is 59.9 Å². The predicted octanol–water partition coefficient (Wildman–Crippen LogP) is 3.06. The molecule has 1 amide bonds. The number of benzene rings is 1. The molecule has 1 aromatic carbocycles. The van der Waals surface area contributed by atoms with Crippen LogP contribution in [0, 0.1) is 0 Å². The summed E-state index contributed by atoms with van der Waals surface area (Å²) in [7, 11) is 0. The fraction of sp³-hybridized carbons (Fsp3) is 0.250. The molecule has 3 nitrogen and oxygen atoms in total. The van der Waals surface area contributed by atoms with Crippen LogP contribution >= 0.6 is 0 Å². The number of aryl methyl sites for hydroxylation is 1. The van der Waals surface area contributed by atoms with Crippen molar-refractivity contribution in [3.63, 3.8) is 0 Å². The Morgan fingerprint density at radius 2 is 2.00 bits per heavy atom. The second-order valence-corrected chi connectivity index (χ2v) is 4.91. The summed E-state index contributed by atoms with van der Waals surface area (Å²) in [6.45, 7) is 2.09. The maximum atomic E-state index is 12.6. The number of aromatic nitrogens is 1. The third-order valence-corrected chi connectivity index (χ3v) is 3.63. The number of anilines is 1. The van der Waals surface area contributed by atoms with Crippen molar-refractivity contribution in [3.8, 4) is 0 Å². The Labute approximate surface area is 112 Å². The van der Waals surface area contributed by atoms with E-state index in [1.54, 1.807) is 12.3 Å². The highest BCUT2D eigenvalue weighted by Gasteiger charge is 2.29. The van der Waals surface area contributed by atoms with Crippen LogP contribution in [0.25, 0.3) is 0 Å². The van der Waals surface area contributed by atoms with Gasteiger partial charge in [0.15, 0.2) is 0 Å². The topological polar surface area (TPSA) is 33.2 Å². The minimum Gasteiger partial charge on any atom is -0.304 e. The van der Waals surface area contributed by atoms with E-state index in [1.807, 2.05) is 35.2 Å². The molecule has 2 heterocycles. The molecule has 0 radical (unpaired) electrons. The lowest BCUT2D eigenvalue weighted by Gasteiger charge is -2.35. The second-order valence-electron chi connectivity index (χ2n) is 4.91. The van der Waals surface area contributed by atoms with Gasteiger partial charge in [0.2, 0.25) is 0 Å². The molecule has 0 spiro atoms. The van der Waals surface area contributed by atoms with Crippen LogP contribution in [0.2, 0.25) is 0 Å². The minimum atomic E-state index is -0.0137. The highest BCUT2D eigenvalue weighted by atomic mass is 16.2. The van der Waals surface area contributed by atoms with Gasteiger partial charge in [-0.05, 0) is 43.5 Å². The van der Waals surface area contributed by atoms with Gasteiger partial charge in [0.05, 0.1) is 0 Å². The summed E-state index contributed by atoms with van der Waals surface area (Å²) in [4.78, 5) is 18.7. The van der Waals surface area contributed by atoms with E-state index in [9.17, 15) is 4.79 Å². The normalized spacial score (nSPS) is 17.9. The minimum absolute atomic E-state index is 0.0137. The van der Waals surface area contributed by atoms with Crippen LogP contribution in [0.5, 0.6) is 0 Å². The quantitative estimate of drug-likeness (QED) is 0.781. The monoisotopic (exact) mass is 252 g/mol. The van der Waals surface area contributed by atoms with Crippen LogP contribution in [-0.2, 0) is 6.42 Å². The number of rotatable bonds is 1. The van der Waals surface area contributed by atoms with E-state index in [0.717, 1.165) is 18.5 Å². The maximum absolute atomic E-state index is 12.6. The van der Waals surface area contributed by atoms with Gasteiger partial charge in [-0.2, -0.15) is 0 Å². The lowest BCUT2D eigenvalue weighted by atomic mass is 9.96. The molecule has 1 aromatic heterocycles. The number of carbonyl (C=O) groups is 1. The first-order valence-corrected chi connectivity index (χ1v) is 6.60. The van der Waals surface area contributed by atoms with Crippen molar-refractivity contribution in [2.45, 2.75) is 25.8 Å². The highest BCUT2D eigenvalue weighted by Crippen LogP contribution is 2.31. The van der Waals surface area contributed by atoms with Gasteiger partial charge in [0.25, 0.3) is 5.91 Å². The molecule has 1 aliphatic rings. The molecule has 0 fully saturated rings. The fourth-order valence-electron chi connectivity index (χ4n) is 2.61. The molecule has 2 aromatic rings. The second kappa shape index (κ2) is 4.84. The summed E-state index contributed by atoms with van der Waals surface area (Å²) in [6, 6.07) is 13.8. The van der Waals surface area contributed by atoms with Crippen LogP contribution in [0.3, 0.4) is 0 Å². The molecule has 96 valence electrons. The highest BCUT2D eigenvalue weighted by molar-refractivity contribution is 6.05. The summed E-state index contributed by atoms with van der Waals surface area (Å²) in [6.07, 6.45) is 3.69. The Bertz CT molecular complexity index is 595. The lowest BCUT2D eigenvalue weighted by molar-refractivity contribution is 0.0970. The SMILES string of the molecule is CC1CCc2ccccc2N1C(=O)c1ccccn1. The van der Waals surface area contributed by atoms with Gasteiger partial charge in [-0.1, -0.05) is 24.3 Å². The number of hydrogen-bond acceptors (Lipinski definition) is 2. The molecule has 3 rings (SSSR count). The van der Waals surface area contributed by atoms with Crippen LogP contribution < -0.4 is 4.90 Å². The van der Waals surface area contributed by atoms with E-state index in [1.165, 1.54) is 5.56 Å². The van der Waals surface area contributed by atoms with Crippen LogP contribution in [0.15, 0.2) is 48.7 Å². The Hall–Kier alpha value is -2.16. The molecule has 19 heavy (non-hydrogen) atoms. The maximum Gasteiger partial charge on any atom is 0.277 e.